The Morgan fingerprint density at radius 2 is 1.94 bits per heavy atom. The number of sulfonamides is 1. The van der Waals surface area contributed by atoms with Gasteiger partial charge in [0.15, 0.2) is 0 Å². The zero-order valence-electron chi connectivity index (χ0n) is 9.56. The molecule has 0 amide bonds. The van der Waals surface area contributed by atoms with Gasteiger partial charge in [0.2, 0.25) is 10.0 Å². The van der Waals surface area contributed by atoms with E-state index in [1.807, 2.05) is 0 Å². The van der Waals surface area contributed by atoms with Gasteiger partial charge in [-0.3, -0.25) is 0 Å². The first-order valence-corrected chi connectivity index (χ1v) is 6.96. The number of hydrogen-bond donors (Lipinski definition) is 2. The van der Waals surface area contributed by atoms with Gasteiger partial charge in [0.1, 0.15) is 5.82 Å². The summed E-state index contributed by atoms with van der Waals surface area (Å²) < 4.78 is 38.2. The van der Waals surface area contributed by atoms with E-state index in [0.717, 1.165) is 0 Å². The van der Waals surface area contributed by atoms with Crippen LogP contribution in [-0.4, -0.2) is 25.9 Å². The molecule has 0 saturated carbocycles. The highest BCUT2D eigenvalue weighted by Crippen LogP contribution is 2.14. The van der Waals surface area contributed by atoms with Crippen LogP contribution < -0.4 is 4.72 Å². The molecule has 0 fully saturated rings. The Morgan fingerprint density at radius 3 is 2.47 bits per heavy atom. The van der Waals surface area contributed by atoms with E-state index in [2.05, 4.69) is 4.72 Å². The van der Waals surface area contributed by atoms with Crippen LogP contribution in [0.3, 0.4) is 0 Å². The lowest BCUT2D eigenvalue weighted by atomic mass is 10.1. The van der Waals surface area contributed by atoms with Crippen LogP contribution in [0.2, 0.25) is 0 Å². The van der Waals surface area contributed by atoms with Gasteiger partial charge in [-0.1, -0.05) is 12.1 Å². The summed E-state index contributed by atoms with van der Waals surface area (Å²) in [7, 11) is -3.40. The van der Waals surface area contributed by atoms with Crippen molar-refractivity contribution in [2.75, 3.05) is 12.4 Å². The Hall–Kier alpha value is -0.980. The fourth-order valence-corrected chi connectivity index (χ4v) is 2.70. The topological polar surface area (TPSA) is 66.4 Å². The summed E-state index contributed by atoms with van der Waals surface area (Å²) in [4.78, 5) is 0. The average molecular weight is 261 g/mol. The van der Waals surface area contributed by atoms with Crippen LogP contribution in [0.5, 0.6) is 0 Å². The molecule has 17 heavy (non-hydrogen) atoms. The van der Waals surface area contributed by atoms with Crippen molar-refractivity contribution < 1.29 is 17.9 Å². The molecular formula is C11H16FNO3S. The molecule has 96 valence electrons. The van der Waals surface area contributed by atoms with Crippen LogP contribution >= 0.6 is 0 Å². The summed E-state index contributed by atoms with van der Waals surface area (Å²) in [5.41, 5.74) is 0.693. The maximum Gasteiger partial charge on any atom is 0.212 e. The Bertz CT molecular complexity index is 444. The van der Waals surface area contributed by atoms with Crippen molar-refractivity contribution >= 4 is 10.0 Å². The van der Waals surface area contributed by atoms with Gasteiger partial charge in [-0.25, -0.2) is 17.5 Å². The highest BCUT2D eigenvalue weighted by molar-refractivity contribution is 7.89. The second kappa shape index (κ2) is 6.09. The fourth-order valence-electron chi connectivity index (χ4n) is 1.40. The van der Waals surface area contributed by atoms with Gasteiger partial charge in [0, 0.05) is 12.6 Å². The van der Waals surface area contributed by atoms with Crippen LogP contribution in [0.15, 0.2) is 24.3 Å². The van der Waals surface area contributed by atoms with Crippen LogP contribution in [0.1, 0.15) is 24.9 Å². The van der Waals surface area contributed by atoms with Crippen molar-refractivity contribution in [3.05, 3.63) is 35.6 Å². The maximum absolute atomic E-state index is 12.7. The molecule has 0 aromatic heterocycles. The fraction of sp³-hybridized carbons (Fsp3) is 0.455. The molecule has 1 aromatic rings. The Kier molecular flexibility index (Phi) is 5.04. The van der Waals surface area contributed by atoms with Gasteiger partial charge in [0.25, 0.3) is 0 Å². The summed E-state index contributed by atoms with van der Waals surface area (Å²) in [6.07, 6.45) is 0.200. The molecule has 2 N–H and O–H groups in total. The van der Waals surface area contributed by atoms with Crippen LogP contribution in [0, 0.1) is 5.82 Å². The summed E-state index contributed by atoms with van der Waals surface area (Å²) in [5, 5.41) is 8.58. The van der Waals surface area contributed by atoms with Crippen molar-refractivity contribution in [2.45, 2.75) is 19.4 Å². The van der Waals surface area contributed by atoms with E-state index >= 15 is 0 Å². The molecule has 6 heteroatoms. The number of benzene rings is 1. The van der Waals surface area contributed by atoms with E-state index in [4.69, 9.17) is 5.11 Å². The predicted octanol–water partition coefficient (Wildman–Crippen LogP) is 1.19. The number of rotatable bonds is 6. The van der Waals surface area contributed by atoms with Crippen molar-refractivity contribution in [3.63, 3.8) is 0 Å². The summed E-state index contributed by atoms with van der Waals surface area (Å²) >= 11 is 0. The smallest absolute Gasteiger partial charge is 0.212 e. The van der Waals surface area contributed by atoms with Crippen molar-refractivity contribution in [1.29, 1.82) is 0 Å². The minimum absolute atomic E-state index is 0.116. The molecule has 4 nitrogen and oxygen atoms in total. The lowest BCUT2D eigenvalue weighted by molar-refractivity contribution is 0.295. The van der Waals surface area contributed by atoms with Crippen LogP contribution in [0.25, 0.3) is 0 Å². The molecule has 0 bridgehead atoms. The predicted molar refractivity (Wildman–Crippen MR) is 63.4 cm³/mol. The van der Waals surface area contributed by atoms with Gasteiger partial charge in [-0.05, 0) is 31.0 Å². The number of aliphatic hydroxyl groups excluding tert-OH is 1. The first kappa shape index (κ1) is 14.1. The van der Waals surface area contributed by atoms with Gasteiger partial charge in [-0.15, -0.1) is 0 Å². The maximum atomic E-state index is 12.7. The average Bonchev–Trinajstić information content (AvgIpc) is 2.26. The van der Waals surface area contributed by atoms with E-state index in [1.165, 1.54) is 24.3 Å². The SMILES string of the molecule is CC(NS(=O)(=O)CCCO)c1ccc(F)cc1. The summed E-state index contributed by atoms with van der Waals surface area (Å²) in [6.45, 7) is 1.52. The number of halogens is 1. The number of hydrogen-bond acceptors (Lipinski definition) is 3. The van der Waals surface area contributed by atoms with E-state index in [0.29, 0.717) is 5.56 Å². The lowest BCUT2D eigenvalue weighted by Gasteiger charge is -2.14. The Labute approximate surface area is 101 Å². The zero-order valence-corrected chi connectivity index (χ0v) is 10.4. The second-order valence-corrected chi connectivity index (χ2v) is 5.66. The molecule has 0 aliphatic carbocycles. The first-order chi connectivity index (χ1) is 7.94. The molecule has 0 aliphatic heterocycles. The molecule has 1 aromatic carbocycles. The Balaban J connectivity index is 2.65. The zero-order chi connectivity index (χ0) is 12.9. The standard InChI is InChI=1S/C11H16FNO3S/c1-9(10-3-5-11(12)6-4-10)13-17(15,16)8-2-7-14/h3-6,9,13-14H,2,7-8H2,1H3. The third-order valence-corrected chi connectivity index (χ3v) is 3.84. The molecule has 0 radical (unpaired) electrons. The molecule has 1 rings (SSSR count). The molecule has 0 aliphatic rings. The minimum Gasteiger partial charge on any atom is -0.396 e. The summed E-state index contributed by atoms with van der Waals surface area (Å²) in [5.74, 6) is -0.473. The Morgan fingerprint density at radius 1 is 1.35 bits per heavy atom. The van der Waals surface area contributed by atoms with Crippen LogP contribution in [-0.2, 0) is 10.0 Å². The van der Waals surface area contributed by atoms with Crippen LogP contribution in [0.4, 0.5) is 4.39 Å². The number of aliphatic hydroxyl groups is 1. The van der Waals surface area contributed by atoms with Gasteiger partial charge >= 0.3 is 0 Å². The largest absolute Gasteiger partial charge is 0.396 e. The molecule has 1 atom stereocenters. The van der Waals surface area contributed by atoms with E-state index < -0.39 is 16.1 Å². The highest BCUT2D eigenvalue weighted by atomic mass is 32.2. The van der Waals surface area contributed by atoms with E-state index in [9.17, 15) is 12.8 Å². The molecule has 1 unspecified atom stereocenters. The first-order valence-electron chi connectivity index (χ1n) is 5.31. The third-order valence-electron chi connectivity index (χ3n) is 2.30. The molecule has 0 spiro atoms. The second-order valence-electron chi connectivity index (χ2n) is 3.79. The van der Waals surface area contributed by atoms with Gasteiger partial charge in [0.05, 0.1) is 5.75 Å². The summed E-state index contributed by atoms with van der Waals surface area (Å²) in [6, 6.07) is 5.23. The quantitative estimate of drug-likeness (QED) is 0.808. The third kappa shape index (κ3) is 4.80. The van der Waals surface area contributed by atoms with Crippen molar-refractivity contribution in [2.24, 2.45) is 0 Å². The van der Waals surface area contributed by atoms with Gasteiger partial charge < -0.3 is 5.11 Å². The molecule has 0 saturated heterocycles. The normalized spacial score (nSPS) is 13.6. The molecular weight excluding hydrogens is 245 g/mol. The van der Waals surface area contributed by atoms with Crippen molar-refractivity contribution in [3.8, 4) is 0 Å². The monoisotopic (exact) mass is 261 g/mol. The van der Waals surface area contributed by atoms with E-state index in [-0.39, 0.29) is 24.6 Å². The van der Waals surface area contributed by atoms with E-state index in [1.54, 1.807) is 6.92 Å². The minimum atomic E-state index is -3.40. The number of nitrogens with one attached hydrogen (secondary N) is 1. The highest BCUT2D eigenvalue weighted by Gasteiger charge is 2.15. The lowest BCUT2D eigenvalue weighted by Crippen LogP contribution is -2.29. The molecule has 0 heterocycles. The van der Waals surface area contributed by atoms with Crippen molar-refractivity contribution in [1.82, 2.24) is 4.72 Å². The van der Waals surface area contributed by atoms with Gasteiger partial charge in [-0.2, -0.15) is 0 Å².